The van der Waals surface area contributed by atoms with Gasteiger partial charge < -0.3 is 11.1 Å². The van der Waals surface area contributed by atoms with Crippen LogP contribution in [-0.2, 0) is 10.2 Å². The van der Waals surface area contributed by atoms with Crippen LogP contribution < -0.4 is 11.1 Å². The maximum atomic E-state index is 13.1. The molecule has 20 heavy (non-hydrogen) atoms. The number of nitrogens with two attached hydrogens (primary N) is 1. The molecule has 1 amide bonds. The molecule has 1 aromatic rings. The summed E-state index contributed by atoms with van der Waals surface area (Å²) < 4.78 is 26.2. The summed E-state index contributed by atoms with van der Waals surface area (Å²) in [5.41, 5.74) is 5.22. The first-order chi connectivity index (χ1) is 9.00. The highest BCUT2D eigenvalue weighted by Gasteiger charge is 2.46. The van der Waals surface area contributed by atoms with Crippen molar-refractivity contribution in [1.82, 2.24) is 5.32 Å². The van der Waals surface area contributed by atoms with Crippen LogP contribution >= 0.6 is 12.4 Å². The third kappa shape index (κ3) is 3.27. The maximum Gasteiger partial charge on any atom is 0.277 e. The molecular weight excluding hydrogens is 286 g/mol. The van der Waals surface area contributed by atoms with E-state index < -0.39 is 24.4 Å². The van der Waals surface area contributed by atoms with E-state index in [1.807, 2.05) is 30.3 Å². The zero-order valence-corrected chi connectivity index (χ0v) is 11.9. The molecule has 0 atom stereocenters. The number of rotatable bonds is 5. The monoisotopic (exact) mass is 304 g/mol. The van der Waals surface area contributed by atoms with Gasteiger partial charge in [-0.05, 0) is 18.4 Å². The van der Waals surface area contributed by atoms with Crippen molar-refractivity contribution in [2.24, 2.45) is 5.73 Å². The van der Waals surface area contributed by atoms with Gasteiger partial charge in [0.25, 0.3) is 5.92 Å². The smallest absolute Gasteiger partial charge is 0.277 e. The molecule has 0 saturated heterocycles. The van der Waals surface area contributed by atoms with E-state index in [0.29, 0.717) is 12.8 Å². The number of amides is 1. The Morgan fingerprint density at radius 3 is 2.35 bits per heavy atom. The summed E-state index contributed by atoms with van der Waals surface area (Å²) in [7, 11) is 0. The molecule has 112 valence electrons. The number of alkyl halides is 2. The highest BCUT2D eigenvalue weighted by molar-refractivity contribution is 5.89. The van der Waals surface area contributed by atoms with Crippen molar-refractivity contribution < 1.29 is 13.6 Å². The molecule has 1 aromatic carbocycles. The van der Waals surface area contributed by atoms with Gasteiger partial charge in [0.2, 0.25) is 5.91 Å². The second-order valence-electron chi connectivity index (χ2n) is 5.04. The Morgan fingerprint density at radius 1 is 1.30 bits per heavy atom. The van der Waals surface area contributed by atoms with Crippen molar-refractivity contribution in [3.63, 3.8) is 0 Å². The topological polar surface area (TPSA) is 55.1 Å². The summed E-state index contributed by atoms with van der Waals surface area (Å²) in [6, 6.07) is 9.34. The summed E-state index contributed by atoms with van der Waals surface area (Å²) in [6.45, 7) is -1.46. The number of hydrogen-bond acceptors (Lipinski definition) is 2. The van der Waals surface area contributed by atoms with Crippen LogP contribution in [0.2, 0.25) is 0 Å². The molecule has 0 radical (unpaired) electrons. The fraction of sp³-hybridized carbons (Fsp3) is 0.500. The molecule has 1 aliphatic rings. The Bertz CT molecular complexity index is 450. The Morgan fingerprint density at radius 2 is 1.90 bits per heavy atom. The average Bonchev–Trinajstić information content (AvgIpc) is 2.37. The average molecular weight is 305 g/mol. The van der Waals surface area contributed by atoms with Gasteiger partial charge in [-0.1, -0.05) is 36.8 Å². The van der Waals surface area contributed by atoms with E-state index in [2.05, 4.69) is 5.32 Å². The van der Waals surface area contributed by atoms with E-state index in [1.165, 1.54) is 0 Å². The van der Waals surface area contributed by atoms with Gasteiger partial charge in [0, 0.05) is 0 Å². The summed E-state index contributed by atoms with van der Waals surface area (Å²) in [6.07, 6.45) is 2.35. The highest BCUT2D eigenvalue weighted by Crippen LogP contribution is 2.43. The van der Waals surface area contributed by atoms with Crippen molar-refractivity contribution in [1.29, 1.82) is 0 Å². The Balaban J connectivity index is 0.00000200. The number of carbonyl (C=O) groups excluding carboxylic acids is 1. The Labute approximate surface area is 123 Å². The molecule has 1 aliphatic carbocycles. The molecule has 0 aliphatic heterocycles. The van der Waals surface area contributed by atoms with Crippen molar-refractivity contribution in [3.05, 3.63) is 35.9 Å². The summed E-state index contributed by atoms with van der Waals surface area (Å²) in [4.78, 5) is 12.2. The van der Waals surface area contributed by atoms with E-state index in [1.54, 1.807) is 0 Å². The van der Waals surface area contributed by atoms with Crippen molar-refractivity contribution in [2.45, 2.75) is 30.6 Å². The van der Waals surface area contributed by atoms with Crippen molar-refractivity contribution in [2.75, 3.05) is 13.1 Å². The molecule has 6 heteroatoms. The number of benzene rings is 1. The number of nitrogens with one attached hydrogen (secondary N) is 1. The lowest BCUT2D eigenvalue weighted by Crippen LogP contribution is -2.52. The van der Waals surface area contributed by atoms with E-state index in [4.69, 9.17) is 5.73 Å². The van der Waals surface area contributed by atoms with E-state index in [-0.39, 0.29) is 18.3 Å². The lowest BCUT2D eigenvalue weighted by molar-refractivity contribution is -0.131. The molecule has 0 bridgehead atoms. The van der Waals surface area contributed by atoms with Crippen LogP contribution in [0.4, 0.5) is 8.78 Å². The van der Waals surface area contributed by atoms with Gasteiger partial charge in [0.05, 0.1) is 18.5 Å². The quantitative estimate of drug-likeness (QED) is 0.876. The van der Waals surface area contributed by atoms with Gasteiger partial charge in [-0.3, -0.25) is 4.79 Å². The van der Waals surface area contributed by atoms with Crippen molar-refractivity contribution >= 4 is 18.3 Å². The minimum Gasteiger partial charge on any atom is -0.349 e. The summed E-state index contributed by atoms with van der Waals surface area (Å²) >= 11 is 0. The Kier molecular flexibility index (Phi) is 5.48. The minimum atomic E-state index is -3.04. The van der Waals surface area contributed by atoms with Gasteiger partial charge in [-0.2, -0.15) is 0 Å². The molecule has 3 nitrogen and oxygen atoms in total. The molecule has 0 heterocycles. The summed E-state index contributed by atoms with van der Waals surface area (Å²) in [5, 5.41) is 2.35. The van der Waals surface area contributed by atoms with Gasteiger partial charge in [-0.25, -0.2) is 8.78 Å². The minimum absolute atomic E-state index is 0. The van der Waals surface area contributed by atoms with Gasteiger partial charge >= 0.3 is 0 Å². The highest BCUT2D eigenvalue weighted by atomic mass is 35.5. The maximum absolute atomic E-state index is 13.1. The molecule has 2 rings (SSSR count). The molecular formula is C14H19ClF2N2O. The fourth-order valence-corrected chi connectivity index (χ4v) is 2.39. The number of halogens is 3. The van der Waals surface area contributed by atoms with Gasteiger partial charge in [0.15, 0.2) is 0 Å². The third-order valence-corrected chi connectivity index (χ3v) is 3.77. The molecule has 0 unspecified atom stereocenters. The molecule has 0 spiro atoms. The van der Waals surface area contributed by atoms with Gasteiger partial charge in [0.1, 0.15) is 0 Å². The first-order valence-corrected chi connectivity index (χ1v) is 6.42. The fourth-order valence-electron chi connectivity index (χ4n) is 2.39. The standard InChI is InChI=1S/C14H18F2N2O.ClH/c15-14(16,9-17)10-18-12(19)13(7-4-8-13)11-5-2-1-3-6-11;/h1-3,5-6H,4,7-10,17H2,(H,18,19);1H. The number of hydrogen-bond donors (Lipinski definition) is 2. The SMILES string of the molecule is Cl.NCC(F)(F)CNC(=O)C1(c2ccccc2)CCC1. The lowest BCUT2D eigenvalue weighted by Gasteiger charge is -2.41. The predicted octanol–water partition coefficient (Wildman–Crippen LogP) is 2.24. The van der Waals surface area contributed by atoms with Crippen LogP contribution in [0.15, 0.2) is 30.3 Å². The second-order valence-corrected chi connectivity index (χ2v) is 5.04. The normalized spacial score (nSPS) is 16.8. The van der Waals surface area contributed by atoms with Crippen LogP contribution in [0, 0.1) is 0 Å². The zero-order valence-electron chi connectivity index (χ0n) is 11.1. The van der Waals surface area contributed by atoms with E-state index >= 15 is 0 Å². The van der Waals surface area contributed by atoms with Gasteiger partial charge in [-0.15, -0.1) is 12.4 Å². The second kappa shape index (κ2) is 6.50. The van der Waals surface area contributed by atoms with E-state index in [9.17, 15) is 13.6 Å². The largest absolute Gasteiger partial charge is 0.349 e. The molecule has 1 saturated carbocycles. The zero-order chi connectivity index (χ0) is 13.9. The van der Waals surface area contributed by atoms with Crippen LogP contribution in [0.5, 0.6) is 0 Å². The van der Waals surface area contributed by atoms with E-state index in [0.717, 1.165) is 12.0 Å². The first kappa shape index (κ1) is 16.9. The Hall–Kier alpha value is -1.20. The molecule has 0 aromatic heterocycles. The molecule has 1 fully saturated rings. The van der Waals surface area contributed by atoms with Crippen molar-refractivity contribution in [3.8, 4) is 0 Å². The first-order valence-electron chi connectivity index (χ1n) is 6.42. The predicted molar refractivity (Wildman–Crippen MR) is 76.2 cm³/mol. The van der Waals surface area contributed by atoms with Crippen LogP contribution in [-0.4, -0.2) is 24.9 Å². The summed E-state index contributed by atoms with van der Waals surface area (Å²) in [5.74, 6) is -3.37. The van der Waals surface area contributed by atoms with Crippen LogP contribution in [0.3, 0.4) is 0 Å². The molecule has 3 N–H and O–H groups in total. The third-order valence-electron chi connectivity index (χ3n) is 3.77. The lowest BCUT2D eigenvalue weighted by atomic mass is 9.64. The number of carbonyl (C=O) groups is 1. The van der Waals surface area contributed by atoms with Crippen LogP contribution in [0.25, 0.3) is 0 Å². The van der Waals surface area contributed by atoms with Crippen LogP contribution in [0.1, 0.15) is 24.8 Å².